The van der Waals surface area contributed by atoms with E-state index in [4.69, 9.17) is 0 Å². The first-order valence-electron chi connectivity index (χ1n) is 3.34. The first-order valence-corrected chi connectivity index (χ1v) is 3.34. The number of nitrogens with two attached hydrogens (primary N) is 1. The van der Waals surface area contributed by atoms with Gasteiger partial charge in [-0.1, -0.05) is 6.92 Å². The molecule has 0 aliphatic heterocycles. The Kier molecular flexibility index (Phi) is 3.85. The van der Waals surface area contributed by atoms with Crippen LogP contribution in [0, 0.1) is 0 Å². The van der Waals surface area contributed by atoms with E-state index in [1.165, 1.54) is 6.92 Å². The third-order valence-corrected chi connectivity index (χ3v) is 1.22. The van der Waals surface area contributed by atoms with Gasteiger partial charge in [0.1, 0.15) is 0 Å². The molecule has 3 nitrogen and oxygen atoms in total. The number of hydrogen-bond acceptors (Lipinski definition) is 2. The number of primary amides is 1. The lowest BCUT2D eigenvalue weighted by molar-refractivity contribution is -0.109. The molecule has 0 aromatic heterocycles. The van der Waals surface area contributed by atoms with Crippen molar-refractivity contribution in [2.45, 2.75) is 25.4 Å². The van der Waals surface area contributed by atoms with Gasteiger partial charge in [0.25, 0.3) is 0 Å². The van der Waals surface area contributed by atoms with E-state index in [9.17, 15) is 18.0 Å². The Morgan fingerprint density at radius 3 is 2.50 bits per heavy atom. The number of carbonyl (C=O) groups is 1. The van der Waals surface area contributed by atoms with Crippen molar-refractivity contribution in [3.05, 3.63) is 0 Å². The molecular formula is C6H10F3NO2. The fourth-order valence-corrected chi connectivity index (χ4v) is 0.556. The summed E-state index contributed by atoms with van der Waals surface area (Å²) in [7, 11) is 0. The SMILES string of the molecule is CCC(F)C(F)(F)COC(N)=O. The third-order valence-electron chi connectivity index (χ3n) is 1.22. The van der Waals surface area contributed by atoms with E-state index in [1.807, 2.05) is 0 Å². The Bertz CT molecular complexity index is 163. The van der Waals surface area contributed by atoms with Crippen LogP contribution in [0.1, 0.15) is 13.3 Å². The van der Waals surface area contributed by atoms with Gasteiger partial charge in [-0.2, -0.15) is 8.78 Å². The summed E-state index contributed by atoms with van der Waals surface area (Å²) in [5, 5.41) is 0. The summed E-state index contributed by atoms with van der Waals surface area (Å²) in [6.07, 6.45) is -3.98. The Balaban J connectivity index is 3.94. The van der Waals surface area contributed by atoms with E-state index in [2.05, 4.69) is 10.5 Å². The molecule has 0 fully saturated rings. The second-order valence-corrected chi connectivity index (χ2v) is 2.24. The van der Waals surface area contributed by atoms with Crippen LogP contribution in [0.4, 0.5) is 18.0 Å². The zero-order chi connectivity index (χ0) is 9.78. The van der Waals surface area contributed by atoms with Gasteiger partial charge in [-0.3, -0.25) is 0 Å². The number of hydrogen-bond donors (Lipinski definition) is 1. The normalized spacial score (nSPS) is 14.0. The summed E-state index contributed by atoms with van der Waals surface area (Å²) >= 11 is 0. The van der Waals surface area contributed by atoms with Gasteiger partial charge in [-0.25, -0.2) is 9.18 Å². The van der Waals surface area contributed by atoms with Crippen molar-refractivity contribution in [2.75, 3.05) is 6.61 Å². The van der Waals surface area contributed by atoms with Crippen molar-refractivity contribution in [3.63, 3.8) is 0 Å². The first-order chi connectivity index (χ1) is 5.40. The highest BCUT2D eigenvalue weighted by Crippen LogP contribution is 2.23. The van der Waals surface area contributed by atoms with Gasteiger partial charge in [-0.05, 0) is 6.42 Å². The van der Waals surface area contributed by atoms with Crippen molar-refractivity contribution in [1.82, 2.24) is 0 Å². The third kappa shape index (κ3) is 3.45. The van der Waals surface area contributed by atoms with E-state index >= 15 is 0 Å². The standard InChI is InChI=1S/C6H10F3NO2/c1-2-4(7)6(8,9)3-12-5(10)11/h4H,2-3H2,1H3,(H2,10,11). The molecule has 0 saturated carbocycles. The smallest absolute Gasteiger partial charge is 0.404 e. The van der Waals surface area contributed by atoms with Gasteiger partial charge in [0.2, 0.25) is 0 Å². The maximum atomic E-state index is 12.5. The van der Waals surface area contributed by atoms with Gasteiger partial charge in [-0.15, -0.1) is 0 Å². The van der Waals surface area contributed by atoms with Crippen LogP contribution in [-0.2, 0) is 4.74 Å². The predicted molar refractivity (Wildman–Crippen MR) is 35.7 cm³/mol. The molecule has 12 heavy (non-hydrogen) atoms. The van der Waals surface area contributed by atoms with Gasteiger partial charge in [0, 0.05) is 0 Å². The Morgan fingerprint density at radius 1 is 1.67 bits per heavy atom. The molecule has 0 heterocycles. The van der Waals surface area contributed by atoms with Crippen LogP contribution in [-0.4, -0.2) is 24.8 Å². The molecule has 0 aliphatic rings. The van der Waals surface area contributed by atoms with E-state index in [0.29, 0.717) is 0 Å². The monoisotopic (exact) mass is 185 g/mol. The Hall–Kier alpha value is -0.940. The molecule has 2 N–H and O–H groups in total. The summed E-state index contributed by atoms with van der Waals surface area (Å²) in [6, 6.07) is 0. The zero-order valence-corrected chi connectivity index (χ0v) is 6.52. The fourth-order valence-electron chi connectivity index (χ4n) is 0.556. The Labute approximate surface area is 67.7 Å². The second kappa shape index (κ2) is 4.18. The van der Waals surface area contributed by atoms with Crippen LogP contribution >= 0.6 is 0 Å². The van der Waals surface area contributed by atoms with Crippen molar-refractivity contribution in [2.24, 2.45) is 5.73 Å². The van der Waals surface area contributed by atoms with E-state index in [0.717, 1.165) is 0 Å². The summed E-state index contributed by atoms with van der Waals surface area (Å²) in [5.74, 6) is -3.65. The zero-order valence-electron chi connectivity index (χ0n) is 6.52. The number of ether oxygens (including phenoxy) is 1. The number of alkyl halides is 3. The number of amides is 1. The molecular weight excluding hydrogens is 175 g/mol. The molecule has 0 aliphatic carbocycles. The molecule has 0 saturated heterocycles. The van der Waals surface area contributed by atoms with Crippen LogP contribution in [0.5, 0.6) is 0 Å². The van der Waals surface area contributed by atoms with Crippen molar-refractivity contribution < 1.29 is 22.7 Å². The van der Waals surface area contributed by atoms with Crippen LogP contribution in [0.15, 0.2) is 0 Å². The van der Waals surface area contributed by atoms with Crippen LogP contribution in [0.25, 0.3) is 0 Å². The Morgan fingerprint density at radius 2 is 2.17 bits per heavy atom. The lowest BCUT2D eigenvalue weighted by Gasteiger charge is -2.18. The molecule has 0 radical (unpaired) electrons. The highest BCUT2D eigenvalue weighted by atomic mass is 19.3. The van der Waals surface area contributed by atoms with Gasteiger partial charge in [0.15, 0.2) is 12.8 Å². The molecule has 0 aromatic carbocycles. The number of halogens is 3. The number of carbonyl (C=O) groups excluding carboxylic acids is 1. The van der Waals surface area contributed by atoms with Gasteiger partial charge in [0.05, 0.1) is 0 Å². The van der Waals surface area contributed by atoms with Crippen LogP contribution in [0.2, 0.25) is 0 Å². The van der Waals surface area contributed by atoms with Gasteiger partial charge < -0.3 is 10.5 Å². The van der Waals surface area contributed by atoms with Crippen LogP contribution < -0.4 is 5.73 Å². The molecule has 1 unspecified atom stereocenters. The van der Waals surface area contributed by atoms with E-state index in [1.54, 1.807) is 0 Å². The molecule has 0 bridgehead atoms. The minimum atomic E-state index is -3.65. The maximum absolute atomic E-state index is 12.5. The minimum absolute atomic E-state index is 0.338. The molecule has 72 valence electrons. The molecule has 0 rings (SSSR count). The topological polar surface area (TPSA) is 52.3 Å². The molecule has 6 heteroatoms. The molecule has 0 spiro atoms. The minimum Gasteiger partial charge on any atom is -0.443 e. The van der Waals surface area contributed by atoms with Gasteiger partial charge >= 0.3 is 12.0 Å². The first kappa shape index (κ1) is 11.1. The van der Waals surface area contributed by atoms with Crippen LogP contribution in [0.3, 0.4) is 0 Å². The van der Waals surface area contributed by atoms with Crippen molar-refractivity contribution >= 4 is 6.09 Å². The fraction of sp³-hybridized carbons (Fsp3) is 0.833. The lowest BCUT2D eigenvalue weighted by atomic mass is 10.2. The lowest BCUT2D eigenvalue weighted by Crippen LogP contribution is -2.36. The highest BCUT2D eigenvalue weighted by Gasteiger charge is 2.40. The molecule has 1 amide bonds. The average Bonchev–Trinajstić information content (AvgIpc) is 1.99. The quantitative estimate of drug-likeness (QED) is 0.720. The van der Waals surface area contributed by atoms with Crippen molar-refractivity contribution in [1.29, 1.82) is 0 Å². The predicted octanol–water partition coefficient (Wildman–Crippen LogP) is 1.47. The summed E-state index contributed by atoms with van der Waals surface area (Å²) in [4.78, 5) is 9.90. The number of rotatable bonds is 4. The maximum Gasteiger partial charge on any atom is 0.404 e. The largest absolute Gasteiger partial charge is 0.443 e. The van der Waals surface area contributed by atoms with E-state index in [-0.39, 0.29) is 6.42 Å². The van der Waals surface area contributed by atoms with E-state index < -0.39 is 24.8 Å². The second-order valence-electron chi connectivity index (χ2n) is 2.24. The molecule has 1 atom stereocenters. The summed E-state index contributed by atoms with van der Waals surface area (Å²) < 4.78 is 41.1. The summed E-state index contributed by atoms with van der Waals surface area (Å²) in [5.41, 5.74) is 4.42. The summed E-state index contributed by atoms with van der Waals surface area (Å²) in [6.45, 7) is -0.0415. The average molecular weight is 185 g/mol. The highest BCUT2D eigenvalue weighted by molar-refractivity contribution is 5.64. The van der Waals surface area contributed by atoms with Crippen molar-refractivity contribution in [3.8, 4) is 0 Å². The molecule has 0 aromatic rings.